The van der Waals surface area contributed by atoms with Crippen LogP contribution < -0.4 is 4.74 Å². The molecule has 1 nitrogen and oxygen atoms in total. The Hall–Kier alpha value is -0.980. The SMILES string of the molecule is Cc1ccc2c(c1)OCC[C@@H]2C. The molecular formula is C11H14O. The first-order valence-corrected chi connectivity index (χ1v) is 4.51. The van der Waals surface area contributed by atoms with Crippen LogP contribution in [-0.4, -0.2) is 6.61 Å². The highest BCUT2D eigenvalue weighted by atomic mass is 16.5. The summed E-state index contributed by atoms with van der Waals surface area (Å²) in [6.07, 6.45) is 1.15. The minimum absolute atomic E-state index is 0.661. The van der Waals surface area contributed by atoms with E-state index in [0.717, 1.165) is 18.8 Å². The monoisotopic (exact) mass is 162 g/mol. The number of aryl methyl sites for hydroxylation is 1. The Morgan fingerprint density at radius 2 is 2.25 bits per heavy atom. The molecule has 0 saturated carbocycles. The van der Waals surface area contributed by atoms with Crippen molar-refractivity contribution in [2.75, 3.05) is 6.61 Å². The van der Waals surface area contributed by atoms with Crippen molar-refractivity contribution >= 4 is 0 Å². The number of fused-ring (bicyclic) bond motifs is 1. The van der Waals surface area contributed by atoms with Gasteiger partial charge in [0, 0.05) is 0 Å². The van der Waals surface area contributed by atoms with Crippen LogP contribution in [0.25, 0.3) is 0 Å². The van der Waals surface area contributed by atoms with Crippen LogP contribution >= 0.6 is 0 Å². The van der Waals surface area contributed by atoms with E-state index in [9.17, 15) is 0 Å². The van der Waals surface area contributed by atoms with Crippen molar-refractivity contribution in [3.63, 3.8) is 0 Å². The Labute approximate surface area is 73.4 Å². The van der Waals surface area contributed by atoms with E-state index < -0.39 is 0 Å². The Morgan fingerprint density at radius 3 is 3.08 bits per heavy atom. The van der Waals surface area contributed by atoms with Gasteiger partial charge in [-0.3, -0.25) is 0 Å². The van der Waals surface area contributed by atoms with Crippen LogP contribution in [0.1, 0.15) is 30.4 Å². The molecule has 1 aliphatic rings. The molecule has 0 fully saturated rings. The lowest BCUT2D eigenvalue weighted by Gasteiger charge is -2.23. The van der Waals surface area contributed by atoms with Gasteiger partial charge < -0.3 is 4.74 Å². The standard InChI is InChI=1S/C11H14O/c1-8-3-4-10-9(2)5-6-12-11(10)7-8/h3-4,7,9H,5-6H2,1-2H3/t9-/m0/s1. The number of rotatable bonds is 0. The highest BCUT2D eigenvalue weighted by Crippen LogP contribution is 2.33. The predicted molar refractivity (Wildman–Crippen MR) is 49.7 cm³/mol. The van der Waals surface area contributed by atoms with Crippen LogP contribution in [0.15, 0.2) is 18.2 Å². The third-order valence-corrected chi connectivity index (χ3v) is 2.51. The van der Waals surface area contributed by atoms with Crippen molar-refractivity contribution in [1.82, 2.24) is 0 Å². The molecule has 0 aliphatic carbocycles. The largest absolute Gasteiger partial charge is 0.493 e. The predicted octanol–water partition coefficient (Wildman–Crippen LogP) is 2.88. The Bertz CT molecular complexity index is 291. The molecule has 2 rings (SSSR count). The number of ether oxygens (including phenoxy) is 1. The van der Waals surface area contributed by atoms with Crippen molar-refractivity contribution in [1.29, 1.82) is 0 Å². The molecule has 1 aromatic carbocycles. The van der Waals surface area contributed by atoms with E-state index in [-0.39, 0.29) is 0 Å². The van der Waals surface area contributed by atoms with Gasteiger partial charge in [-0.1, -0.05) is 19.1 Å². The maximum Gasteiger partial charge on any atom is 0.123 e. The third kappa shape index (κ3) is 1.20. The van der Waals surface area contributed by atoms with Gasteiger partial charge in [0.2, 0.25) is 0 Å². The summed E-state index contributed by atoms with van der Waals surface area (Å²) in [4.78, 5) is 0. The fourth-order valence-electron chi connectivity index (χ4n) is 1.67. The van der Waals surface area contributed by atoms with Crippen LogP contribution in [0.2, 0.25) is 0 Å². The zero-order chi connectivity index (χ0) is 8.55. The lowest BCUT2D eigenvalue weighted by molar-refractivity contribution is 0.272. The molecule has 0 bridgehead atoms. The first kappa shape index (κ1) is 7.66. The fourth-order valence-corrected chi connectivity index (χ4v) is 1.67. The molecule has 0 unspecified atom stereocenters. The third-order valence-electron chi connectivity index (χ3n) is 2.51. The summed E-state index contributed by atoms with van der Waals surface area (Å²) in [5, 5.41) is 0. The second kappa shape index (κ2) is 2.81. The van der Waals surface area contributed by atoms with Crippen molar-refractivity contribution in [3.05, 3.63) is 29.3 Å². The summed E-state index contributed by atoms with van der Waals surface area (Å²) in [5.41, 5.74) is 2.65. The lowest BCUT2D eigenvalue weighted by atomic mass is 9.94. The summed E-state index contributed by atoms with van der Waals surface area (Å²) in [6, 6.07) is 6.48. The van der Waals surface area contributed by atoms with Crippen LogP contribution in [-0.2, 0) is 0 Å². The highest BCUT2D eigenvalue weighted by molar-refractivity contribution is 5.40. The summed E-state index contributed by atoms with van der Waals surface area (Å²) < 4.78 is 5.57. The van der Waals surface area contributed by atoms with Gasteiger partial charge in [0.25, 0.3) is 0 Å². The molecule has 1 aliphatic heterocycles. The van der Waals surface area contributed by atoms with Crippen molar-refractivity contribution in [2.24, 2.45) is 0 Å². The molecule has 1 aromatic rings. The molecular weight excluding hydrogens is 148 g/mol. The molecule has 0 radical (unpaired) electrons. The second-order valence-electron chi connectivity index (χ2n) is 3.58. The molecule has 0 saturated heterocycles. The molecule has 1 atom stereocenters. The molecule has 1 heterocycles. The summed E-state index contributed by atoms with van der Waals surface area (Å²) in [7, 11) is 0. The molecule has 0 amide bonds. The smallest absolute Gasteiger partial charge is 0.123 e. The quantitative estimate of drug-likeness (QED) is 0.570. The number of benzene rings is 1. The van der Waals surface area contributed by atoms with E-state index in [1.54, 1.807) is 0 Å². The normalized spacial score (nSPS) is 21.3. The average Bonchev–Trinajstić information content (AvgIpc) is 2.04. The molecule has 0 aromatic heterocycles. The maximum absolute atomic E-state index is 5.57. The van der Waals surface area contributed by atoms with Crippen LogP contribution in [0.3, 0.4) is 0 Å². The maximum atomic E-state index is 5.57. The second-order valence-corrected chi connectivity index (χ2v) is 3.58. The van der Waals surface area contributed by atoms with E-state index in [2.05, 4.69) is 32.0 Å². The van der Waals surface area contributed by atoms with Gasteiger partial charge in [0.1, 0.15) is 5.75 Å². The molecule has 12 heavy (non-hydrogen) atoms. The number of hydrogen-bond donors (Lipinski definition) is 0. The van der Waals surface area contributed by atoms with Crippen molar-refractivity contribution in [3.8, 4) is 5.75 Å². The van der Waals surface area contributed by atoms with Gasteiger partial charge >= 0.3 is 0 Å². The van der Waals surface area contributed by atoms with E-state index in [1.165, 1.54) is 11.1 Å². The van der Waals surface area contributed by atoms with E-state index in [1.807, 2.05) is 0 Å². The van der Waals surface area contributed by atoms with Gasteiger partial charge in [0.15, 0.2) is 0 Å². The zero-order valence-electron chi connectivity index (χ0n) is 7.63. The first-order valence-electron chi connectivity index (χ1n) is 4.51. The van der Waals surface area contributed by atoms with Gasteiger partial charge in [-0.2, -0.15) is 0 Å². The summed E-state index contributed by atoms with van der Waals surface area (Å²) in [5.74, 6) is 1.75. The van der Waals surface area contributed by atoms with Gasteiger partial charge in [0.05, 0.1) is 6.61 Å². The minimum Gasteiger partial charge on any atom is -0.493 e. The van der Waals surface area contributed by atoms with Crippen LogP contribution in [0, 0.1) is 6.92 Å². The minimum atomic E-state index is 0.661. The molecule has 0 N–H and O–H groups in total. The Morgan fingerprint density at radius 1 is 1.42 bits per heavy atom. The summed E-state index contributed by atoms with van der Waals surface area (Å²) >= 11 is 0. The average molecular weight is 162 g/mol. The van der Waals surface area contributed by atoms with Crippen LogP contribution in [0.5, 0.6) is 5.75 Å². The van der Waals surface area contributed by atoms with Gasteiger partial charge in [-0.25, -0.2) is 0 Å². The topological polar surface area (TPSA) is 9.23 Å². The Kier molecular flexibility index (Phi) is 1.80. The van der Waals surface area contributed by atoms with Crippen molar-refractivity contribution < 1.29 is 4.74 Å². The highest BCUT2D eigenvalue weighted by Gasteiger charge is 2.16. The van der Waals surface area contributed by atoms with E-state index in [4.69, 9.17) is 4.74 Å². The van der Waals surface area contributed by atoms with E-state index in [0.29, 0.717) is 5.92 Å². The van der Waals surface area contributed by atoms with Crippen LogP contribution in [0.4, 0.5) is 0 Å². The van der Waals surface area contributed by atoms with E-state index >= 15 is 0 Å². The Balaban J connectivity index is 2.46. The first-order chi connectivity index (χ1) is 5.77. The van der Waals surface area contributed by atoms with Gasteiger partial charge in [-0.15, -0.1) is 0 Å². The molecule has 1 heteroatoms. The number of hydrogen-bond acceptors (Lipinski definition) is 1. The van der Waals surface area contributed by atoms with Crippen molar-refractivity contribution in [2.45, 2.75) is 26.2 Å². The lowest BCUT2D eigenvalue weighted by Crippen LogP contribution is -2.11. The fraction of sp³-hybridized carbons (Fsp3) is 0.455. The zero-order valence-corrected chi connectivity index (χ0v) is 7.63. The molecule has 0 spiro atoms. The summed E-state index contributed by atoms with van der Waals surface area (Å²) in [6.45, 7) is 5.23. The van der Waals surface area contributed by atoms with Gasteiger partial charge in [-0.05, 0) is 36.5 Å². The molecule has 64 valence electrons.